The minimum atomic E-state index is 0.512. The fraction of sp³-hybridized carbons (Fsp3) is 0.417. The Morgan fingerprint density at radius 1 is 1.22 bits per heavy atom. The van der Waals surface area contributed by atoms with Gasteiger partial charge in [0.15, 0.2) is 5.82 Å². The van der Waals surface area contributed by atoms with E-state index in [2.05, 4.69) is 26.0 Å². The molecule has 6 nitrogen and oxygen atoms in total. The molecule has 0 amide bonds. The lowest BCUT2D eigenvalue weighted by Gasteiger charge is -2.34. The number of fused-ring (bicyclic) bond motifs is 1. The van der Waals surface area contributed by atoms with Gasteiger partial charge in [0.1, 0.15) is 5.52 Å². The van der Waals surface area contributed by atoms with Crippen LogP contribution >= 0.6 is 0 Å². The number of hydrogen-bond donors (Lipinski definition) is 0. The van der Waals surface area contributed by atoms with Crippen molar-refractivity contribution in [1.82, 2.24) is 19.5 Å². The van der Waals surface area contributed by atoms with E-state index in [4.69, 9.17) is 5.26 Å². The Morgan fingerprint density at radius 2 is 2.06 bits per heavy atom. The van der Waals surface area contributed by atoms with E-state index in [9.17, 15) is 0 Å². The van der Waals surface area contributed by atoms with E-state index in [1.807, 2.05) is 16.8 Å². The molecule has 0 spiro atoms. The van der Waals surface area contributed by atoms with Crippen LogP contribution in [0.15, 0.2) is 24.7 Å². The highest BCUT2D eigenvalue weighted by Crippen LogP contribution is 2.19. The first-order valence-electron chi connectivity index (χ1n) is 6.01. The molecule has 0 saturated carbocycles. The third-order valence-corrected chi connectivity index (χ3v) is 3.27. The van der Waals surface area contributed by atoms with Gasteiger partial charge >= 0.3 is 0 Å². The highest BCUT2D eigenvalue weighted by atomic mass is 15.3. The Morgan fingerprint density at radius 3 is 2.83 bits per heavy atom. The Kier molecular flexibility index (Phi) is 2.82. The van der Waals surface area contributed by atoms with E-state index in [1.54, 1.807) is 12.4 Å². The maximum Gasteiger partial charge on any atom is 0.154 e. The van der Waals surface area contributed by atoms with Crippen molar-refractivity contribution in [2.45, 2.75) is 0 Å². The summed E-state index contributed by atoms with van der Waals surface area (Å²) in [4.78, 5) is 8.87. The van der Waals surface area contributed by atoms with E-state index < -0.39 is 0 Å². The first kappa shape index (κ1) is 11.0. The normalized spacial score (nSPS) is 16.9. The second-order valence-corrected chi connectivity index (χ2v) is 4.33. The maximum absolute atomic E-state index is 8.69. The molecule has 1 fully saturated rings. The highest BCUT2D eigenvalue weighted by Gasteiger charge is 2.19. The Bertz CT molecular complexity index is 576. The number of hydrogen-bond acceptors (Lipinski definition) is 5. The number of piperazine rings is 1. The fourth-order valence-corrected chi connectivity index (χ4v) is 2.30. The molecule has 1 aliphatic heterocycles. The molecular formula is C12H14N6. The van der Waals surface area contributed by atoms with Gasteiger partial charge in [-0.15, -0.1) is 0 Å². The molecule has 6 heteroatoms. The third kappa shape index (κ3) is 1.89. The van der Waals surface area contributed by atoms with Crippen molar-refractivity contribution in [2.75, 3.05) is 37.6 Å². The van der Waals surface area contributed by atoms with Crippen LogP contribution < -0.4 is 4.90 Å². The van der Waals surface area contributed by atoms with E-state index >= 15 is 0 Å². The molecule has 0 aromatic carbocycles. The van der Waals surface area contributed by atoms with Gasteiger partial charge in [-0.2, -0.15) is 10.4 Å². The van der Waals surface area contributed by atoms with Crippen molar-refractivity contribution in [1.29, 1.82) is 5.26 Å². The molecule has 1 saturated heterocycles. The molecule has 3 rings (SSSR count). The lowest BCUT2D eigenvalue weighted by atomic mass is 10.3. The Labute approximate surface area is 105 Å². The summed E-state index contributed by atoms with van der Waals surface area (Å²) in [5, 5.41) is 12.9. The number of nitrogens with zero attached hydrogens (tertiary/aromatic N) is 6. The molecule has 3 heterocycles. The second-order valence-electron chi connectivity index (χ2n) is 4.33. The second kappa shape index (κ2) is 4.63. The van der Waals surface area contributed by atoms with Gasteiger partial charge in [0.25, 0.3) is 0 Å². The molecular weight excluding hydrogens is 228 g/mol. The van der Waals surface area contributed by atoms with Crippen molar-refractivity contribution in [2.24, 2.45) is 0 Å². The molecule has 0 unspecified atom stereocenters. The Hall–Kier alpha value is -2.13. The number of aromatic nitrogens is 3. The first-order chi connectivity index (χ1) is 8.88. The summed E-state index contributed by atoms with van der Waals surface area (Å²) in [6.07, 6.45) is 5.41. The maximum atomic E-state index is 8.69. The van der Waals surface area contributed by atoms with Gasteiger partial charge in [0.05, 0.1) is 18.8 Å². The zero-order valence-electron chi connectivity index (χ0n) is 10.0. The third-order valence-electron chi connectivity index (χ3n) is 3.27. The van der Waals surface area contributed by atoms with Crippen molar-refractivity contribution in [3.63, 3.8) is 0 Å². The zero-order chi connectivity index (χ0) is 12.4. The largest absolute Gasteiger partial charge is 0.352 e. The molecule has 0 bridgehead atoms. The number of rotatable bonds is 2. The molecule has 1 aliphatic rings. The molecule has 0 radical (unpaired) electrons. The minimum Gasteiger partial charge on any atom is -0.352 e. The average molecular weight is 242 g/mol. The zero-order valence-corrected chi connectivity index (χ0v) is 10.0. The standard InChI is InChI=1S/C12H14N6/c13-2-5-16-7-9-17(10-8-16)12-11-1-3-15-18(11)6-4-14-12/h1,3-4,6H,5,7-10H2. The van der Waals surface area contributed by atoms with Crippen LogP contribution in [0.4, 0.5) is 5.82 Å². The van der Waals surface area contributed by atoms with Gasteiger partial charge in [-0.05, 0) is 6.07 Å². The molecule has 2 aromatic heterocycles. The van der Waals surface area contributed by atoms with Crippen molar-refractivity contribution in [3.8, 4) is 6.07 Å². The van der Waals surface area contributed by atoms with Crippen LogP contribution in [0.3, 0.4) is 0 Å². The van der Waals surface area contributed by atoms with E-state index in [-0.39, 0.29) is 0 Å². The SMILES string of the molecule is N#CCN1CCN(c2nccn3nccc23)CC1. The number of nitriles is 1. The molecule has 0 N–H and O–H groups in total. The van der Waals surface area contributed by atoms with Gasteiger partial charge in [-0.3, -0.25) is 4.90 Å². The van der Waals surface area contributed by atoms with Gasteiger partial charge in [-0.1, -0.05) is 0 Å². The summed E-state index contributed by atoms with van der Waals surface area (Å²) in [6.45, 7) is 4.13. The molecule has 92 valence electrons. The van der Waals surface area contributed by atoms with Crippen molar-refractivity contribution in [3.05, 3.63) is 24.7 Å². The van der Waals surface area contributed by atoms with Gasteiger partial charge in [-0.25, -0.2) is 9.50 Å². The van der Waals surface area contributed by atoms with Crippen LogP contribution in [0.5, 0.6) is 0 Å². The lowest BCUT2D eigenvalue weighted by Crippen LogP contribution is -2.46. The summed E-state index contributed by atoms with van der Waals surface area (Å²) >= 11 is 0. The van der Waals surface area contributed by atoms with Crippen molar-refractivity contribution >= 4 is 11.3 Å². The predicted octanol–water partition coefficient (Wildman–Crippen LogP) is 0.375. The smallest absolute Gasteiger partial charge is 0.154 e. The number of anilines is 1. The van der Waals surface area contributed by atoms with E-state index in [0.717, 1.165) is 37.5 Å². The summed E-state index contributed by atoms with van der Waals surface area (Å²) in [5.41, 5.74) is 1.03. The highest BCUT2D eigenvalue weighted by molar-refractivity contribution is 5.68. The Balaban J connectivity index is 1.80. The van der Waals surface area contributed by atoms with Gasteiger partial charge in [0, 0.05) is 38.6 Å². The summed E-state index contributed by atoms with van der Waals surface area (Å²) in [5.74, 6) is 0.978. The summed E-state index contributed by atoms with van der Waals surface area (Å²) in [7, 11) is 0. The van der Waals surface area contributed by atoms with Crippen LogP contribution in [0.2, 0.25) is 0 Å². The fourth-order valence-electron chi connectivity index (χ4n) is 2.30. The van der Waals surface area contributed by atoms with Crippen LogP contribution in [0.1, 0.15) is 0 Å². The van der Waals surface area contributed by atoms with Gasteiger partial charge < -0.3 is 4.90 Å². The molecule has 0 aliphatic carbocycles. The van der Waals surface area contributed by atoms with E-state index in [1.165, 1.54) is 0 Å². The first-order valence-corrected chi connectivity index (χ1v) is 6.01. The lowest BCUT2D eigenvalue weighted by molar-refractivity contribution is 0.286. The summed E-state index contributed by atoms with van der Waals surface area (Å²) < 4.78 is 1.84. The van der Waals surface area contributed by atoms with E-state index in [0.29, 0.717) is 6.54 Å². The average Bonchev–Trinajstić information content (AvgIpc) is 2.88. The molecule has 0 atom stereocenters. The minimum absolute atomic E-state index is 0.512. The van der Waals surface area contributed by atoms with Crippen LogP contribution in [0.25, 0.3) is 5.52 Å². The molecule has 18 heavy (non-hydrogen) atoms. The van der Waals surface area contributed by atoms with Crippen LogP contribution in [-0.2, 0) is 0 Å². The van der Waals surface area contributed by atoms with Crippen molar-refractivity contribution < 1.29 is 0 Å². The quantitative estimate of drug-likeness (QED) is 0.712. The monoisotopic (exact) mass is 242 g/mol. The summed E-state index contributed by atoms with van der Waals surface area (Å²) in [6, 6.07) is 4.17. The van der Waals surface area contributed by atoms with Crippen LogP contribution in [0, 0.1) is 11.3 Å². The topological polar surface area (TPSA) is 60.5 Å². The predicted molar refractivity (Wildman–Crippen MR) is 67.3 cm³/mol. The van der Waals surface area contributed by atoms with Gasteiger partial charge in [0.2, 0.25) is 0 Å². The van der Waals surface area contributed by atoms with Crippen LogP contribution in [-0.4, -0.2) is 52.2 Å². The molecule has 2 aromatic rings.